The second-order valence-corrected chi connectivity index (χ2v) is 5.80. The average molecular weight is 462 g/mol. The van der Waals surface area contributed by atoms with Gasteiger partial charge in [0.05, 0.1) is 19.8 Å². The molecule has 0 unspecified atom stereocenters. The summed E-state index contributed by atoms with van der Waals surface area (Å²) in [5, 5.41) is 0. The summed E-state index contributed by atoms with van der Waals surface area (Å²) in [5.41, 5.74) is 7.12. The van der Waals surface area contributed by atoms with Crippen molar-refractivity contribution in [3.05, 3.63) is 29.8 Å². The molecule has 6 nitrogen and oxygen atoms in total. The van der Waals surface area contributed by atoms with Crippen molar-refractivity contribution in [3.8, 4) is 5.75 Å². The Labute approximate surface area is 168 Å². The second kappa shape index (κ2) is 12.3. The molecular formula is C18H31IN4O2. The summed E-state index contributed by atoms with van der Waals surface area (Å²) in [6, 6.07) is 8.08. The maximum atomic E-state index is 6.02. The van der Waals surface area contributed by atoms with E-state index in [2.05, 4.69) is 23.7 Å². The Kier molecular flexibility index (Phi) is 10.8. The van der Waals surface area contributed by atoms with E-state index in [9.17, 15) is 0 Å². The molecule has 2 N–H and O–H groups in total. The van der Waals surface area contributed by atoms with Crippen molar-refractivity contribution in [2.45, 2.75) is 20.4 Å². The molecule has 1 saturated heterocycles. The van der Waals surface area contributed by atoms with E-state index in [0.29, 0.717) is 19.1 Å². The number of aliphatic imine (C=N–C) groups is 1. The number of morpholine rings is 1. The van der Waals surface area contributed by atoms with Gasteiger partial charge < -0.3 is 20.1 Å². The van der Waals surface area contributed by atoms with Crippen LogP contribution in [0.4, 0.5) is 0 Å². The maximum Gasteiger partial charge on any atom is 0.191 e. The van der Waals surface area contributed by atoms with Gasteiger partial charge in [-0.1, -0.05) is 12.1 Å². The largest absolute Gasteiger partial charge is 0.492 e. The standard InChI is InChI=1S/C18H30N4O2.HI/c1-3-22(4-2)18(19)20-15-16-6-5-7-17(14-16)24-13-10-21-8-11-23-12-9-21;/h5-7,14H,3-4,8-13,15H2,1-2H3,(H2,19,20);1H. The number of ether oxygens (including phenoxy) is 2. The van der Waals surface area contributed by atoms with E-state index in [4.69, 9.17) is 15.2 Å². The summed E-state index contributed by atoms with van der Waals surface area (Å²) in [7, 11) is 0. The predicted octanol–water partition coefficient (Wildman–Crippen LogP) is 2.17. The normalized spacial score (nSPS) is 15.5. The highest BCUT2D eigenvalue weighted by molar-refractivity contribution is 14.0. The number of benzene rings is 1. The van der Waals surface area contributed by atoms with E-state index >= 15 is 0 Å². The van der Waals surface area contributed by atoms with Gasteiger partial charge >= 0.3 is 0 Å². The Balaban J connectivity index is 0.00000312. The summed E-state index contributed by atoms with van der Waals surface area (Å²) < 4.78 is 11.2. The van der Waals surface area contributed by atoms with E-state index in [1.165, 1.54) is 0 Å². The lowest BCUT2D eigenvalue weighted by atomic mass is 10.2. The van der Waals surface area contributed by atoms with E-state index in [1.54, 1.807) is 0 Å². The summed E-state index contributed by atoms with van der Waals surface area (Å²) in [4.78, 5) is 8.88. The van der Waals surface area contributed by atoms with E-state index in [0.717, 1.165) is 57.3 Å². The van der Waals surface area contributed by atoms with Gasteiger partial charge in [-0.15, -0.1) is 24.0 Å². The van der Waals surface area contributed by atoms with Gasteiger partial charge in [0.1, 0.15) is 12.4 Å². The van der Waals surface area contributed by atoms with Crippen molar-refractivity contribution in [1.82, 2.24) is 9.80 Å². The lowest BCUT2D eigenvalue weighted by Gasteiger charge is -2.26. The molecule has 142 valence electrons. The monoisotopic (exact) mass is 462 g/mol. The van der Waals surface area contributed by atoms with Crippen molar-refractivity contribution in [3.63, 3.8) is 0 Å². The van der Waals surface area contributed by atoms with Crippen molar-refractivity contribution in [1.29, 1.82) is 0 Å². The number of halogens is 1. The third kappa shape index (κ3) is 7.79. The van der Waals surface area contributed by atoms with E-state index < -0.39 is 0 Å². The molecule has 1 aliphatic heterocycles. The first-order valence-electron chi connectivity index (χ1n) is 8.79. The van der Waals surface area contributed by atoms with Crippen molar-refractivity contribution in [2.75, 3.05) is 52.5 Å². The van der Waals surface area contributed by atoms with E-state index in [-0.39, 0.29) is 24.0 Å². The second-order valence-electron chi connectivity index (χ2n) is 5.80. The molecule has 25 heavy (non-hydrogen) atoms. The van der Waals surface area contributed by atoms with Gasteiger partial charge in [-0.05, 0) is 31.5 Å². The average Bonchev–Trinajstić information content (AvgIpc) is 2.62. The number of hydrogen-bond donors (Lipinski definition) is 1. The van der Waals surface area contributed by atoms with Gasteiger partial charge in [-0.2, -0.15) is 0 Å². The highest BCUT2D eigenvalue weighted by Gasteiger charge is 2.09. The highest BCUT2D eigenvalue weighted by atomic mass is 127. The lowest BCUT2D eigenvalue weighted by Crippen LogP contribution is -2.38. The van der Waals surface area contributed by atoms with Gasteiger partial charge in [0.15, 0.2) is 5.96 Å². The molecule has 0 saturated carbocycles. The fraction of sp³-hybridized carbons (Fsp3) is 0.611. The van der Waals surface area contributed by atoms with Gasteiger partial charge in [0, 0.05) is 32.7 Å². The molecule has 0 spiro atoms. The van der Waals surface area contributed by atoms with Crippen LogP contribution >= 0.6 is 24.0 Å². The van der Waals surface area contributed by atoms with Crippen LogP contribution in [0, 0.1) is 0 Å². The van der Waals surface area contributed by atoms with Crippen molar-refractivity contribution >= 4 is 29.9 Å². The number of nitrogens with two attached hydrogens (primary N) is 1. The minimum atomic E-state index is 0. The van der Waals surface area contributed by atoms with Crippen molar-refractivity contribution < 1.29 is 9.47 Å². The number of rotatable bonds is 8. The molecular weight excluding hydrogens is 431 g/mol. The third-order valence-electron chi connectivity index (χ3n) is 4.19. The molecule has 1 aromatic rings. The van der Waals surface area contributed by atoms with Gasteiger partial charge in [0.2, 0.25) is 0 Å². The summed E-state index contributed by atoms with van der Waals surface area (Å²) in [6.45, 7) is 11.7. The smallest absolute Gasteiger partial charge is 0.191 e. The zero-order valence-corrected chi connectivity index (χ0v) is 17.6. The van der Waals surface area contributed by atoms with E-state index in [1.807, 2.05) is 29.2 Å². The SMILES string of the molecule is CCN(CC)C(N)=NCc1cccc(OCCN2CCOCC2)c1.I. The molecule has 0 bridgehead atoms. The maximum absolute atomic E-state index is 6.02. The van der Waals surface area contributed by atoms with Crippen LogP contribution in [0.5, 0.6) is 5.75 Å². The van der Waals surface area contributed by atoms with Crippen LogP contribution in [0.15, 0.2) is 29.3 Å². The number of hydrogen-bond acceptors (Lipinski definition) is 4. The molecule has 0 aromatic heterocycles. The Bertz CT molecular complexity index is 518. The van der Waals surface area contributed by atoms with Crippen LogP contribution in [0.1, 0.15) is 19.4 Å². The molecule has 1 fully saturated rings. The molecule has 2 rings (SSSR count). The third-order valence-corrected chi connectivity index (χ3v) is 4.19. The fourth-order valence-electron chi connectivity index (χ4n) is 2.67. The van der Waals surface area contributed by atoms with Crippen LogP contribution in [0.25, 0.3) is 0 Å². The van der Waals surface area contributed by atoms with Gasteiger partial charge in [-0.25, -0.2) is 4.99 Å². The minimum absolute atomic E-state index is 0. The first kappa shape index (κ1) is 22.0. The van der Waals surface area contributed by atoms with Crippen LogP contribution in [0.2, 0.25) is 0 Å². The van der Waals surface area contributed by atoms with Crippen LogP contribution in [-0.2, 0) is 11.3 Å². The quantitative estimate of drug-likeness (QED) is 0.365. The van der Waals surface area contributed by atoms with Crippen LogP contribution in [-0.4, -0.2) is 68.3 Å². The Morgan fingerprint density at radius 1 is 1.28 bits per heavy atom. The minimum Gasteiger partial charge on any atom is -0.492 e. The molecule has 1 heterocycles. The molecule has 0 aliphatic carbocycles. The van der Waals surface area contributed by atoms with Gasteiger partial charge in [-0.3, -0.25) is 4.90 Å². The topological polar surface area (TPSA) is 63.3 Å². The molecule has 7 heteroatoms. The molecule has 1 aliphatic rings. The summed E-state index contributed by atoms with van der Waals surface area (Å²) in [6.07, 6.45) is 0. The fourth-order valence-corrected chi connectivity index (χ4v) is 2.67. The van der Waals surface area contributed by atoms with Gasteiger partial charge in [0.25, 0.3) is 0 Å². The zero-order valence-electron chi connectivity index (χ0n) is 15.3. The summed E-state index contributed by atoms with van der Waals surface area (Å²) >= 11 is 0. The summed E-state index contributed by atoms with van der Waals surface area (Å²) in [5.74, 6) is 1.48. The Morgan fingerprint density at radius 3 is 2.68 bits per heavy atom. The Hall–Kier alpha value is -1.06. The van der Waals surface area contributed by atoms with Crippen LogP contribution in [0.3, 0.4) is 0 Å². The van der Waals surface area contributed by atoms with Crippen molar-refractivity contribution in [2.24, 2.45) is 10.7 Å². The molecule has 0 radical (unpaired) electrons. The van der Waals surface area contributed by atoms with Crippen LogP contribution < -0.4 is 10.5 Å². The number of guanidine groups is 1. The zero-order chi connectivity index (χ0) is 17.2. The first-order valence-corrected chi connectivity index (χ1v) is 8.79. The molecule has 0 amide bonds. The predicted molar refractivity (Wildman–Crippen MR) is 113 cm³/mol. The highest BCUT2D eigenvalue weighted by Crippen LogP contribution is 2.14. The number of nitrogens with zero attached hydrogens (tertiary/aromatic N) is 3. The first-order chi connectivity index (χ1) is 11.7. The molecule has 1 aromatic carbocycles. The lowest BCUT2D eigenvalue weighted by molar-refractivity contribution is 0.0322. The Morgan fingerprint density at radius 2 is 2.00 bits per heavy atom. The molecule has 0 atom stereocenters.